The first-order chi connectivity index (χ1) is 9.25. The molecule has 0 bridgehead atoms. The second-order valence-corrected chi connectivity index (χ2v) is 5.37. The summed E-state index contributed by atoms with van der Waals surface area (Å²) < 4.78 is 51.5. The summed E-state index contributed by atoms with van der Waals surface area (Å²) in [7, 11) is 0. The summed E-state index contributed by atoms with van der Waals surface area (Å²) >= 11 is 0. The van der Waals surface area contributed by atoms with E-state index in [1.807, 2.05) is 20.8 Å². The van der Waals surface area contributed by atoms with Gasteiger partial charge in [0.25, 0.3) is 0 Å². The topological polar surface area (TPSA) is 12.0 Å². The van der Waals surface area contributed by atoms with E-state index in [1.165, 1.54) is 6.07 Å². The Kier molecular flexibility index (Phi) is 5.99. The van der Waals surface area contributed by atoms with Gasteiger partial charge in [0, 0.05) is 6.04 Å². The van der Waals surface area contributed by atoms with E-state index in [2.05, 4.69) is 5.32 Å². The monoisotopic (exact) mass is 291 g/mol. The summed E-state index contributed by atoms with van der Waals surface area (Å²) in [5.41, 5.74) is -0.706. The zero-order chi connectivity index (χ0) is 15.3. The standard InChI is InChI=1S/C15H21F4N/c1-4-7-20-14(8-10(2)3)11-5-6-13(16)12(9-11)15(17,18)19/h5-6,9-10,14,20H,4,7-8H2,1-3H3. The molecule has 20 heavy (non-hydrogen) atoms. The molecular weight excluding hydrogens is 270 g/mol. The molecule has 0 amide bonds. The summed E-state index contributed by atoms with van der Waals surface area (Å²) in [5.74, 6) is -0.885. The lowest BCUT2D eigenvalue weighted by molar-refractivity contribution is -0.140. The highest BCUT2D eigenvalue weighted by molar-refractivity contribution is 5.29. The lowest BCUT2D eigenvalue weighted by atomic mass is 9.95. The second-order valence-electron chi connectivity index (χ2n) is 5.37. The van der Waals surface area contributed by atoms with E-state index in [-0.39, 0.29) is 6.04 Å². The quantitative estimate of drug-likeness (QED) is 0.733. The highest BCUT2D eigenvalue weighted by atomic mass is 19.4. The van der Waals surface area contributed by atoms with Crippen LogP contribution in [0.2, 0.25) is 0 Å². The van der Waals surface area contributed by atoms with Gasteiger partial charge in [-0.1, -0.05) is 26.8 Å². The number of hydrogen-bond acceptors (Lipinski definition) is 1. The van der Waals surface area contributed by atoms with Crippen LogP contribution in [0.3, 0.4) is 0 Å². The van der Waals surface area contributed by atoms with Crippen LogP contribution in [0.1, 0.15) is 50.8 Å². The Balaban J connectivity index is 3.07. The van der Waals surface area contributed by atoms with Crippen molar-refractivity contribution in [1.82, 2.24) is 5.32 Å². The van der Waals surface area contributed by atoms with Crippen molar-refractivity contribution in [2.45, 2.75) is 45.8 Å². The van der Waals surface area contributed by atoms with E-state index in [0.717, 1.165) is 25.1 Å². The molecule has 1 aromatic carbocycles. The molecule has 1 N–H and O–H groups in total. The maximum absolute atomic E-state index is 13.3. The average molecular weight is 291 g/mol. The fourth-order valence-corrected chi connectivity index (χ4v) is 2.10. The molecule has 0 saturated carbocycles. The van der Waals surface area contributed by atoms with Gasteiger partial charge in [-0.3, -0.25) is 0 Å². The average Bonchev–Trinajstić information content (AvgIpc) is 2.33. The molecule has 0 aliphatic carbocycles. The Morgan fingerprint density at radius 1 is 1.20 bits per heavy atom. The van der Waals surface area contributed by atoms with Crippen LogP contribution in [0.4, 0.5) is 17.6 Å². The number of benzene rings is 1. The van der Waals surface area contributed by atoms with Crippen molar-refractivity contribution in [2.24, 2.45) is 5.92 Å². The Morgan fingerprint density at radius 3 is 2.35 bits per heavy atom. The maximum Gasteiger partial charge on any atom is 0.419 e. The zero-order valence-corrected chi connectivity index (χ0v) is 12.0. The minimum atomic E-state index is -4.66. The van der Waals surface area contributed by atoms with Crippen molar-refractivity contribution in [3.8, 4) is 0 Å². The van der Waals surface area contributed by atoms with E-state index in [4.69, 9.17) is 0 Å². The predicted octanol–water partition coefficient (Wildman–Crippen LogP) is 4.93. The van der Waals surface area contributed by atoms with Crippen LogP contribution in [0.5, 0.6) is 0 Å². The third kappa shape index (κ3) is 4.78. The molecule has 0 saturated heterocycles. The third-order valence-electron chi connectivity index (χ3n) is 3.05. The molecule has 0 heterocycles. The van der Waals surface area contributed by atoms with Crippen LogP contribution in [-0.4, -0.2) is 6.54 Å². The lowest BCUT2D eigenvalue weighted by Gasteiger charge is -2.22. The molecule has 1 rings (SSSR count). The van der Waals surface area contributed by atoms with Crippen molar-refractivity contribution in [3.63, 3.8) is 0 Å². The van der Waals surface area contributed by atoms with Crippen LogP contribution in [0, 0.1) is 11.7 Å². The normalized spacial score (nSPS) is 13.8. The molecule has 1 unspecified atom stereocenters. The van der Waals surface area contributed by atoms with Crippen LogP contribution < -0.4 is 5.32 Å². The van der Waals surface area contributed by atoms with Crippen molar-refractivity contribution in [2.75, 3.05) is 6.54 Å². The van der Waals surface area contributed by atoms with Gasteiger partial charge in [-0.05, 0) is 43.0 Å². The largest absolute Gasteiger partial charge is 0.419 e. The SMILES string of the molecule is CCCNC(CC(C)C)c1ccc(F)c(C(F)(F)F)c1. The second kappa shape index (κ2) is 7.07. The van der Waals surface area contributed by atoms with E-state index in [0.29, 0.717) is 17.9 Å². The Bertz CT molecular complexity index is 426. The minimum Gasteiger partial charge on any atom is -0.310 e. The molecule has 114 valence electrons. The smallest absolute Gasteiger partial charge is 0.310 e. The molecule has 0 aliphatic heterocycles. The Labute approximate surface area is 117 Å². The van der Waals surface area contributed by atoms with Crippen molar-refractivity contribution >= 4 is 0 Å². The van der Waals surface area contributed by atoms with Crippen molar-refractivity contribution < 1.29 is 17.6 Å². The van der Waals surface area contributed by atoms with Gasteiger partial charge >= 0.3 is 6.18 Å². The number of hydrogen-bond donors (Lipinski definition) is 1. The summed E-state index contributed by atoms with van der Waals surface area (Å²) in [6.07, 6.45) is -3.06. The van der Waals surface area contributed by atoms with E-state index in [1.54, 1.807) is 0 Å². The minimum absolute atomic E-state index is 0.184. The van der Waals surface area contributed by atoms with Crippen LogP contribution in [0.25, 0.3) is 0 Å². The molecule has 5 heteroatoms. The first kappa shape index (κ1) is 17.0. The first-order valence-corrected chi connectivity index (χ1v) is 6.85. The third-order valence-corrected chi connectivity index (χ3v) is 3.05. The summed E-state index contributed by atoms with van der Waals surface area (Å²) in [6.45, 7) is 6.73. The molecule has 1 atom stereocenters. The number of nitrogens with one attached hydrogen (secondary N) is 1. The molecule has 0 radical (unpaired) electrons. The number of halogens is 4. The number of rotatable bonds is 6. The Morgan fingerprint density at radius 2 is 1.85 bits per heavy atom. The maximum atomic E-state index is 13.3. The summed E-state index contributed by atoms with van der Waals surface area (Å²) in [6, 6.07) is 3.07. The molecule has 0 fully saturated rings. The highest BCUT2D eigenvalue weighted by Gasteiger charge is 2.34. The fourth-order valence-electron chi connectivity index (χ4n) is 2.10. The molecule has 1 nitrogen and oxygen atoms in total. The van der Waals surface area contributed by atoms with Crippen LogP contribution in [0.15, 0.2) is 18.2 Å². The van der Waals surface area contributed by atoms with E-state index >= 15 is 0 Å². The fraction of sp³-hybridized carbons (Fsp3) is 0.600. The van der Waals surface area contributed by atoms with Gasteiger partial charge in [-0.25, -0.2) is 4.39 Å². The lowest BCUT2D eigenvalue weighted by Crippen LogP contribution is -2.24. The summed E-state index contributed by atoms with van der Waals surface area (Å²) in [4.78, 5) is 0. The van der Waals surface area contributed by atoms with Crippen LogP contribution >= 0.6 is 0 Å². The van der Waals surface area contributed by atoms with Gasteiger partial charge < -0.3 is 5.32 Å². The van der Waals surface area contributed by atoms with Gasteiger partial charge in [-0.15, -0.1) is 0 Å². The van der Waals surface area contributed by atoms with Crippen molar-refractivity contribution in [1.29, 1.82) is 0 Å². The van der Waals surface area contributed by atoms with Gasteiger partial charge in [0.15, 0.2) is 0 Å². The van der Waals surface area contributed by atoms with Crippen molar-refractivity contribution in [3.05, 3.63) is 35.1 Å². The first-order valence-electron chi connectivity index (χ1n) is 6.85. The number of alkyl halides is 3. The molecule has 1 aromatic rings. The molecule has 0 spiro atoms. The highest BCUT2D eigenvalue weighted by Crippen LogP contribution is 2.34. The molecule has 0 aromatic heterocycles. The van der Waals surface area contributed by atoms with Gasteiger partial charge in [0.1, 0.15) is 5.82 Å². The van der Waals surface area contributed by atoms with Gasteiger partial charge in [-0.2, -0.15) is 13.2 Å². The predicted molar refractivity (Wildman–Crippen MR) is 71.9 cm³/mol. The van der Waals surface area contributed by atoms with Gasteiger partial charge in [0.2, 0.25) is 0 Å². The Hall–Kier alpha value is -1.10. The van der Waals surface area contributed by atoms with E-state index in [9.17, 15) is 17.6 Å². The zero-order valence-electron chi connectivity index (χ0n) is 12.0. The van der Waals surface area contributed by atoms with Gasteiger partial charge in [0.05, 0.1) is 5.56 Å². The van der Waals surface area contributed by atoms with Crippen LogP contribution in [-0.2, 0) is 6.18 Å². The molecule has 0 aliphatic rings. The molecular formula is C15H21F4N. The van der Waals surface area contributed by atoms with E-state index < -0.39 is 17.6 Å². The summed E-state index contributed by atoms with van der Waals surface area (Å²) in [5, 5.41) is 3.23.